The molecule has 0 saturated heterocycles. The van der Waals surface area contributed by atoms with Gasteiger partial charge >= 0.3 is 0 Å². The van der Waals surface area contributed by atoms with Gasteiger partial charge in [-0.25, -0.2) is 4.98 Å². The van der Waals surface area contributed by atoms with Crippen LogP contribution in [0.4, 0.5) is 0 Å². The van der Waals surface area contributed by atoms with Gasteiger partial charge < -0.3 is 9.41 Å². The molecule has 0 bridgehead atoms. The quantitative estimate of drug-likeness (QED) is 0.575. The molecule has 0 aliphatic carbocycles. The van der Waals surface area contributed by atoms with E-state index < -0.39 is 8.32 Å². The number of aryl methyl sites for hydroxylation is 1. The lowest BCUT2D eigenvalue weighted by atomic mass is 10.1. The Kier molecular flexibility index (Phi) is 6.56. The van der Waals surface area contributed by atoms with Crippen LogP contribution in [0.25, 0.3) is 5.57 Å². The largest absolute Gasteiger partial charge is 0.404 e. The zero-order chi connectivity index (χ0) is 22.8. The first-order valence-electron chi connectivity index (χ1n) is 10.9. The average Bonchev–Trinajstić information content (AvgIpc) is 2.77. The van der Waals surface area contributed by atoms with Crippen molar-refractivity contribution >= 4 is 36.0 Å². The highest BCUT2D eigenvalue weighted by Gasteiger charge is 2.49. The van der Waals surface area contributed by atoms with E-state index in [4.69, 9.17) is 4.43 Å². The molecule has 4 rings (SSSR count). The van der Waals surface area contributed by atoms with Crippen LogP contribution in [0.2, 0.25) is 5.04 Å². The van der Waals surface area contributed by atoms with Crippen LogP contribution < -0.4 is 15.9 Å². The van der Waals surface area contributed by atoms with Crippen molar-refractivity contribution in [1.82, 2.24) is 9.97 Å². The van der Waals surface area contributed by atoms with Crippen LogP contribution in [0.1, 0.15) is 37.9 Å². The van der Waals surface area contributed by atoms with E-state index in [0.717, 1.165) is 22.6 Å². The number of hydrogen-bond donors (Lipinski definition) is 1. The Balaban J connectivity index is 1.76. The Morgan fingerprint density at radius 3 is 2.19 bits per heavy atom. The van der Waals surface area contributed by atoms with Gasteiger partial charge in [0.25, 0.3) is 13.9 Å². The smallest absolute Gasteiger partial charge is 0.261 e. The summed E-state index contributed by atoms with van der Waals surface area (Å²) < 4.78 is 6.98. The molecule has 0 amide bonds. The highest BCUT2D eigenvalue weighted by molar-refractivity contribution is 7.99. The number of thioether (sulfide) groups is 1. The summed E-state index contributed by atoms with van der Waals surface area (Å²) in [6.07, 6.45) is 2.14. The number of H-pyrrole nitrogens is 1. The molecule has 0 atom stereocenters. The maximum Gasteiger partial charge on any atom is 0.261 e. The standard InChI is InChI=1S/C26H30N2O2SSi/c1-19-27-24-20(17-31-18-23(24)25(29)28-19)15-16-30-32(26(2,3)4,21-11-7-5-8-12-21)22-13-9-6-10-14-22/h5-15H,16-18H2,1-4H3,(H,27,28,29)/b20-15-. The second kappa shape index (κ2) is 9.22. The third-order valence-corrected chi connectivity index (χ3v) is 12.0. The van der Waals surface area contributed by atoms with Crippen LogP contribution in [-0.2, 0) is 10.2 Å². The van der Waals surface area contributed by atoms with Crippen molar-refractivity contribution in [1.29, 1.82) is 0 Å². The fourth-order valence-electron chi connectivity index (χ4n) is 4.53. The monoisotopic (exact) mass is 462 g/mol. The van der Waals surface area contributed by atoms with E-state index >= 15 is 0 Å². The number of nitrogens with one attached hydrogen (secondary N) is 1. The predicted molar refractivity (Wildman–Crippen MR) is 137 cm³/mol. The second-order valence-corrected chi connectivity index (χ2v) is 14.5. The molecular formula is C26H30N2O2SSi. The first-order valence-corrected chi connectivity index (χ1v) is 14.0. The van der Waals surface area contributed by atoms with Crippen LogP contribution in [0.15, 0.2) is 71.5 Å². The van der Waals surface area contributed by atoms with E-state index in [1.54, 1.807) is 11.8 Å². The van der Waals surface area contributed by atoms with Crippen LogP contribution in [0.5, 0.6) is 0 Å². The van der Waals surface area contributed by atoms with Gasteiger partial charge in [-0.2, -0.15) is 11.8 Å². The van der Waals surface area contributed by atoms with E-state index in [-0.39, 0.29) is 10.6 Å². The fraction of sp³-hybridized carbons (Fsp3) is 0.308. The van der Waals surface area contributed by atoms with E-state index in [1.807, 2.05) is 6.92 Å². The Hall–Kier alpha value is -2.41. The van der Waals surface area contributed by atoms with Gasteiger partial charge in [-0.15, -0.1) is 0 Å². The van der Waals surface area contributed by atoms with Crippen molar-refractivity contribution in [2.45, 2.75) is 38.5 Å². The van der Waals surface area contributed by atoms with Crippen LogP contribution >= 0.6 is 11.8 Å². The number of aromatic amines is 1. The van der Waals surface area contributed by atoms with E-state index in [2.05, 4.69) is 97.5 Å². The van der Waals surface area contributed by atoms with E-state index in [9.17, 15) is 4.79 Å². The molecule has 0 radical (unpaired) electrons. The van der Waals surface area contributed by atoms with Crippen molar-refractivity contribution in [3.8, 4) is 0 Å². The number of aromatic nitrogens is 2. The normalized spacial score (nSPS) is 15.6. The molecule has 166 valence electrons. The Labute approximate surface area is 195 Å². The molecule has 1 aromatic heterocycles. The number of rotatable bonds is 5. The van der Waals surface area contributed by atoms with Gasteiger partial charge in [0, 0.05) is 11.5 Å². The minimum absolute atomic E-state index is 0.0292. The number of nitrogens with zero attached hydrogens (tertiary/aromatic N) is 1. The van der Waals surface area contributed by atoms with Crippen LogP contribution in [-0.4, -0.2) is 30.6 Å². The SMILES string of the molecule is Cc1nc2c(c(=O)[nH]1)CSC/C2=C/CO[Si](c1ccccc1)(c1ccccc1)C(C)(C)C. The summed E-state index contributed by atoms with van der Waals surface area (Å²) in [5.74, 6) is 2.19. The molecule has 2 aromatic carbocycles. The van der Waals surface area contributed by atoms with E-state index in [0.29, 0.717) is 18.2 Å². The first-order chi connectivity index (χ1) is 15.3. The lowest BCUT2D eigenvalue weighted by Crippen LogP contribution is -2.66. The zero-order valence-electron chi connectivity index (χ0n) is 19.1. The molecule has 1 aliphatic rings. The third kappa shape index (κ3) is 4.27. The molecule has 1 aliphatic heterocycles. The molecule has 1 N–H and O–H groups in total. The van der Waals surface area contributed by atoms with Gasteiger partial charge in [0.05, 0.1) is 17.9 Å². The summed E-state index contributed by atoms with van der Waals surface area (Å²) in [7, 11) is -2.59. The average molecular weight is 463 g/mol. The Morgan fingerprint density at radius 2 is 1.62 bits per heavy atom. The zero-order valence-corrected chi connectivity index (χ0v) is 21.0. The molecule has 0 unspecified atom stereocenters. The summed E-state index contributed by atoms with van der Waals surface area (Å²) >= 11 is 1.75. The van der Waals surface area contributed by atoms with Gasteiger partial charge in [0.2, 0.25) is 0 Å². The molecule has 6 heteroatoms. The summed E-state index contributed by atoms with van der Waals surface area (Å²) in [4.78, 5) is 19.9. The maximum atomic E-state index is 12.4. The van der Waals surface area contributed by atoms with Crippen molar-refractivity contribution in [3.63, 3.8) is 0 Å². The first kappa shape index (κ1) is 22.8. The maximum absolute atomic E-state index is 12.4. The molecule has 3 aromatic rings. The summed E-state index contributed by atoms with van der Waals surface area (Å²) in [5.41, 5.74) is 2.65. The Bertz CT molecular complexity index is 1130. The highest BCUT2D eigenvalue weighted by Crippen LogP contribution is 2.37. The molecular weight excluding hydrogens is 432 g/mol. The highest BCUT2D eigenvalue weighted by atomic mass is 32.2. The van der Waals surface area contributed by atoms with Crippen LogP contribution in [0, 0.1) is 6.92 Å². The van der Waals surface area contributed by atoms with Crippen molar-refractivity contribution in [3.05, 3.63) is 94.2 Å². The van der Waals surface area contributed by atoms with Gasteiger partial charge in [-0.1, -0.05) is 87.5 Å². The summed E-state index contributed by atoms with van der Waals surface area (Å²) in [6, 6.07) is 21.3. The molecule has 0 spiro atoms. The number of fused-ring (bicyclic) bond motifs is 1. The van der Waals surface area contributed by atoms with Gasteiger partial charge in [-0.3, -0.25) is 4.79 Å². The van der Waals surface area contributed by atoms with E-state index in [1.165, 1.54) is 10.4 Å². The third-order valence-electron chi connectivity index (χ3n) is 5.99. The fourth-order valence-corrected chi connectivity index (χ4v) is 10.1. The van der Waals surface area contributed by atoms with Crippen molar-refractivity contribution in [2.24, 2.45) is 0 Å². The second-order valence-electron chi connectivity index (χ2n) is 9.17. The molecule has 32 heavy (non-hydrogen) atoms. The summed E-state index contributed by atoms with van der Waals surface area (Å²) in [6.45, 7) is 9.16. The van der Waals surface area contributed by atoms with Gasteiger partial charge in [0.1, 0.15) is 5.82 Å². The topological polar surface area (TPSA) is 55.0 Å². The molecule has 4 nitrogen and oxygen atoms in total. The van der Waals surface area contributed by atoms with Gasteiger partial charge in [-0.05, 0) is 27.9 Å². The molecule has 0 fully saturated rings. The summed E-state index contributed by atoms with van der Waals surface area (Å²) in [5, 5.41) is 2.46. The Morgan fingerprint density at radius 1 is 1.03 bits per heavy atom. The lowest BCUT2D eigenvalue weighted by molar-refractivity contribution is 0.339. The van der Waals surface area contributed by atoms with Crippen molar-refractivity contribution in [2.75, 3.05) is 12.4 Å². The molecule has 2 heterocycles. The number of benzene rings is 2. The van der Waals surface area contributed by atoms with Gasteiger partial charge in [0.15, 0.2) is 0 Å². The van der Waals surface area contributed by atoms with Crippen molar-refractivity contribution < 1.29 is 4.43 Å². The number of hydrogen-bond acceptors (Lipinski definition) is 4. The predicted octanol–water partition coefficient (Wildman–Crippen LogP) is 4.29. The minimum Gasteiger partial charge on any atom is -0.404 e. The lowest BCUT2D eigenvalue weighted by Gasteiger charge is -2.42. The van der Waals surface area contributed by atoms with Crippen LogP contribution in [0.3, 0.4) is 0 Å². The minimum atomic E-state index is -2.59. The molecule has 0 saturated carbocycles.